The van der Waals surface area contributed by atoms with Gasteiger partial charge in [-0.25, -0.2) is 28.5 Å². The second kappa shape index (κ2) is 87.8. The van der Waals surface area contributed by atoms with Crippen LogP contribution in [-0.4, -0.2) is 476 Å². The summed E-state index contributed by atoms with van der Waals surface area (Å²) < 4.78 is 112. The Morgan fingerprint density at radius 1 is 0.295 bits per heavy atom. The summed E-state index contributed by atoms with van der Waals surface area (Å²) in [5.41, 5.74) is 2.20. The second-order valence-corrected chi connectivity index (χ2v) is 47.5. The average Bonchev–Trinajstić information content (AvgIpc) is 0.931. The Kier molecular flexibility index (Phi) is 93.1. The summed E-state index contributed by atoms with van der Waals surface area (Å²) in [5.74, 6) is -4.30. The van der Waals surface area contributed by atoms with Crippen molar-refractivity contribution < 1.29 is 171 Å². The second-order valence-electron chi connectivity index (χ2n) is 42.9. The van der Waals surface area contributed by atoms with Gasteiger partial charge in [-0.3, -0.25) is 46.9 Å². The average molecular weight is 2200 g/mol. The number of ether oxygens (including phenoxy) is 5. The molecule has 0 aliphatic carbocycles. The van der Waals surface area contributed by atoms with Crippen molar-refractivity contribution in [2.75, 3.05) is 329 Å². The van der Waals surface area contributed by atoms with Gasteiger partial charge in [0.1, 0.15) is 72.4 Å². The number of nitrogens with one attached hydrogen (secondary N) is 4. The molecular weight excluding hydrogens is 1990 g/mol. The van der Waals surface area contributed by atoms with Gasteiger partial charge in [-0.2, -0.15) is 16.8 Å². The number of phosphoric ester groups is 1. The van der Waals surface area contributed by atoms with Crippen LogP contribution in [-0.2, 0) is 110 Å². The van der Waals surface area contributed by atoms with Crippen LogP contribution in [0.4, 0.5) is 0 Å². The number of phosphoric acid groups is 1. The van der Waals surface area contributed by atoms with Crippen molar-refractivity contribution in [2.24, 2.45) is 0 Å². The summed E-state index contributed by atoms with van der Waals surface area (Å²) >= 11 is 0. The first kappa shape index (κ1) is 158. The van der Waals surface area contributed by atoms with Gasteiger partial charge in [-0.05, 0) is 72.5 Å². The van der Waals surface area contributed by atoms with Gasteiger partial charge in [0.05, 0.1) is 243 Å². The number of esters is 5. The first-order valence-electron chi connectivity index (χ1n) is 51.2. The topological polar surface area (TPSA) is 487 Å². The van der Waals surface area contributed by atoms with E-state index in [1.165, 1.54) is 82.6 Å². The SMILES string of the molecule is C=C(C)C(=O)NCCC[N+](C)(C)CCCC(=O)O.C=C(C)C(=O)NCCC[N+](C)(C)CCCS(=O)(=O)O.C=C(C)C(=O)OCCOP(=O)(O)OCC[N+](C)(C)C.C=C(C)C(=O)OCC[N+](C)(C)CCCC.C=C(C)C(=O)OCC[N+](C)(C)CCCC.C=CC(=O)NCCC[N+](C)(C)CCCC(=O)O.C=CC(=O)NCCC[N+](C)(C)CCCS(=O)(=O)O.C=CC(=O)OCC[N+](C)(C)CCCC.C=CC(=O)OCC[N+](C)(C)CCCC. The van der Waals surface area contributed by atoms with Gasteiger partial charge < -0.3 is 100 Å². The van der Waals surface area contributed by atoms with Gasteiger partial charge in [0.15, 0.2) is 0 Å². The Morgan fingerprint density at radius 2 is 0.517 bits per heavy atom. The summed E-state index contributed by atoms with van der Waals surface area (Å²) in [4.78, 5) is 129. The highest BCUT2D eigenvalue weighted by Gasteiger charge is 2.26. The van der Waals surface area contributed by atoms with Crippen molar-refractivity contribution in [3.63, 3.8) is 0 Å². The van der Waals surface area contributed by atoms with Crippen molar-refractivity contribution in [1.82, 2.24) is 21.3 Å². The number of hydrogen-bond donors (Lipinski definition) is 9. The van der Waals surface area contributed by atoms with E-state index in [0.29, 0.717) is 134 Å². The molecule has 4 amide bonds. The number of carboxylic acids is 2. The maximum atomic E-state index is 11.4. The van der Waals surface area contributed by atoms with E-state index in [1.807, 2.05) is 49.3 Å². The van der Waals surface area contributed by atoms with Crippen LogP contribution >= 0.6 is 7.82 Å². The number of amides is 4. The zero-order valence-electron chi connectivity index (χ0n) is 97.5. The molecule has 0 aromatic heterocycles. The van der Waals surface area contributed by atoms with Crippen LogP contribution in [0.1, 0.15) is 178 Å². The lowest BCUT2D eigenvalue weighted by Gasteiger charge is -2.29. The van der Waals surface area contributed by atoms with Crippen LogP contribution in [0.2, 0.25) is 0 Å². The predicted molar refractivity (Wildman–Crippen MR) is 595 cm³/mol. The monoisotopic (exact) mass is 2200 g/mol. The fraction of sp³-hybridized carbons (Fsp3) is 0.724. The smallest absolute Gasteiger partial charge is 0.472 e. The van der Waals surface area contributed by atoms with Crippen LogP contribution in [0.3, 0.4) is 0 Å². The molecule has 9 N–H and O–H groups in total. The zero-order chi connectivity index (χ0) is 118. The maximum Gasteiger partial charge on any atom is 0.472 e. The van der Waals surface area contributed by atoms with Crippen molar-refractivity contribution in [1.29, 1.82) is 0 Å². The highest BCUT2D eigenvalue weighted by molar-refractivity contribution is 7.86. The Morgan fingerprint density at radius 3 is 0.738 bits per heavy atom. The molecule has 1 atom stereocenters. The molecule has 0 saturated heterocycles. The van der Waals surface area contributed by atoms with E-state index in [1.54, 1.807) is 27.7 Å². The van der Waals surface area contributed by atoms with Gasteiger partial charge in [0.2, 0.25) is 23.6 Å². The van der Waals surface area contributed by atoms with Gasteiger partial charge in [0, 0.05) is 118 Å². The van der Waals surface area contributed by atoms with E-state index in [4.69, 9.17) is 47.5 Å². The number of rotatable bonds is 73. The number of carboxylic acid groups (broad SMARTS) is 2. The van der Waals surface area contributed by atoms with E-state index in [-0.39, 0.29) is 97.2 Å². The van der Waals surface area contributed by atoms with Crippen LogP contribution in [0, 0.1) is 0 Å². The standard InChI is InChI=1S/C13H24N2O3.C12H24N2O4S.C12H22N2O3.2C12H24NO2.C11H22N2O4S.C11H22NO6P.2C11H22NO2/c1-11(2)13(18)14-8-6-10-15(3,4)9-5-7-12(16)17;1-11(2)12(15)13-7-5-8-14(3,4)9-6-10-19(16,17)18;1-4-11(15)13-8-6-10-14(2,3)9-5-7-12(16)17;2*1-6-7-8-13(4,5)9-10-15-12(14)11(2)3;1-4-11(14)12-7-5-8-13(2,3)9-6-10-18(15,16)17;1-10(2)11(13)16-8-9-18-19(14,15)17-7-6-12(3,4)5;2*1-5-7-8-12(3,4)9-10-14-11(13)6-2/h1,5-10H2,2-4H3,(H-,14,16,17,18);1,5-10H2,2-4H3,(H-,13,15,16,17,18);4H,1,5-10H2,2-3H3,(H-,13,15,16,17);2*2,6-10H2,1,3-5H3;4H,1,5-10H2,2-3H3,(H-,12,14,15,16,17);1,6-9H2,2-5H3;2*6H,2,5,7-10H2,1,3-4H3/q;;;2*+1;;;2*+1/p+5. The number of unbranched alkanes of at least 4 members (excludes halogenated alkanes) is 4. The predicted octanol–water partition coefficient (Wildman–Crippen LogP) is 10.2. The molecule has 0 aliphatic heterocycles. The van der Waals surface area contributed by atoms with Crippen molar-refractivity contribution in [2.45, 2.75) is 178 Å². The Labute approximate surface area is 899 Å². The number of carbonyl (C=O) groups excluding carboxylic acids is 9. The van der Waals surface area contributed by atoms with E-state index in [9.17, 15) is 79.0 Å². The van der Waals surface area contributed by atoms with Crippen molar-refractivity contribution in [3.8, 4) is 0 Å². The minimum absolute atomic E-state index is 0.100. The first-order valence-corrected chi connectivity index (χ1v) is 55.9. The number of hydrogen-bond acceptors (Lipinski definition) is 23. The third-order valence-corrected chi connectivity index (χ3v) is 24.5. The minimum Gasteiger partial charge on any atom is -0.481 e. The van der Waals surface area contributed by atoms with Crippen LogP contribution < -0.4 is 21.3 Å². The molecule has 0 aromatic carbocycles. The molecule has 0 radical (unpaired) electrons. The minimum atomic E-state index is -4.09. The van der Waals surface area contributed by atoms with Gasteiger partial charge in [-0.15, -0.1) is 0 Å². The molecule has 0 rings (SSSR count). The molecule has 0 bridgehead atoms. The van der Waals surface area contributed by atoms with Gasteiger partial charge in [-0.1, -0.05) is 113 Å². The lowest BCUT2D eigenvalue weighted by molar-refractivity contribution is -0.890. The molecule has 0 heterocycles. The molecule has 0 aromatic rings. The fourth-order valence-corrected chi connectivity index (χ4v) is 13.7. The normalized spacial score (nSPS) is 11.8. The number of carbonyl (C=O) groups is 11. The molecule has 0 spiro atoms. The molecule has 0 saturated carbocycles. The molecule has 872 valence electrons. The molecule has 149 heavy (non-hydrogen) atoms. The highest BCUT2D eigenvalue weighted by Crippen LogP contribution is 2.43. The van der Waals surface area contributed by atoms with Crippen LogP contribution in [0.25, 0.3) is 0 Å². The number of likely N-dealkylation sites (N-methyl/N-ethyl adjacent to an activating group) is 5. The van der Waals surface area contributed by atoms with Crippen LogP contribution in [0.15, 0.2) is 111 Å². The Hall–Kier alpha value is -8.60. The largest absolute Gasteiger partial charge is 0.481 e. The van der Waals surface area contributed by atoms with Crippen molar-refractivity contribution >= 4 is 93.5 Å². The Balaban J connectivity index is -0.000000212. The Bertz CT molecular complexity index is 4120. The number of nitrogens with zero attached hydrogens (tertiary/aromatic N) is 9. The summed E-state index contributed by atoms with van der Waals surface area (Å²) in [5, 5.41) is 28.1. The van der Waals surface area contributed by atoms with Gasteiger partial charge in [0.25, 0.3) is 20.2 Å². The van der Waals surface area contributed by atoms with E-state index in [0.717, 1.165) is 144 Å². The quantitative estimate of drug-likeness (QED) is 0.00519. The van der Waals surface area contributed by atoms with E-state index in [2.05, 4.69) is 197 Å². The molecule has 0 aliphatic rings. The van der Waals surface area contributed by atoms with Crippen molar-refractivity contribution in [3.05, 3.63) is 111 Å². The lowest BCUT2D eigenvalue weighted by atomic mass is 10.2. The third-order valence-electron chi connectivity index (χ3n) is 21.9. The van der Waals surface area contributed by atoms with E-state index < -0.39 is 46.0 Å². The van der Waals surface area contributed by atoms with E-state index >= 15 is 0 Å². The first-order chi connectivity index (χ1) is 68.2. The summed E-state index contributed by atoms with van der Waals surface area (Å²) in [7, 11) is 27.4. The number of aliphatic carboxylic acids is 2. The van der Waals surface area contributed by atoms with Gasteiger partial charge >= 0.3 is 49.6 Å². The summed E-state index contributed by atoms with van der Waals surface area (Å²) in [6.45, 7) is 67.0. The zero-order valence-corrected chi connectivity index (χ0v) is 100. The molecule has 0 fully saturated rings. The fourth-order valence-electron chi connectivity index (χ4n) is 12.0. The highest BCUT2D eigenvalue weighted by atomic mass is 32.2. The molecule has 1 unspecified atom stereocenters. The lowest BCUT2D eigenvalue weighted by Crippen LogP contribution is -2.43. The molecular formula is C105H211N13O28PS2+9. The maximum absolute atomic E-state index is 11.4. The summed E-state index contributed by atoms with van der Waals surface area (Å²) in [6, 6.07) is 0. The molecule has 44 heteroatoms. The molecule has 41 nitrogen and oxygen atoms in total. The van der Waals surface area contributed by atoms with Crippen LogP contribution in [0.5, 0.6) is 0 Å². The number of quaternary nitrogens is 9. The summed E-state index contributed by atoms with van der Waals surface area (Å²) in [6.07, 6.45) is 20.5. The third kappa shape index (κ3) is 124.